The Hall–Kier alpha value is -0.560. The van der Waals surface area contributed by atoms with Gasteiger partial charge in [0.05, 0.1) is 17.1 Å². The average Bonchev–Trinajstić information content (AvgIpc) is 2.80. The maximum Gasteiger partial charge on any atom is 0.153 e. The lowest BCUT2D eigenvalue weighted by Crippen LogP contribution is -2.47. The van der Waals surface area contributed by atoms with E-state index in [1.165, 1.54) is 10.5 Å². The highest BCUT2D eigenvalue weighted by molar-refractivity contribution is 7.98. The lowest BCUT2D eigenvalue weighted by Gasteiger charge is -2.37. The summed E-state index contributed by atoms with van der Waals surface area (Å²) in [6, 6.07) is 8.90. The van der Waals surface area contributed by atoms with E-state index in [4.69, 9.17) is 4.74 Å². The number of sulfone groups is 1. The zero-order valence-corrected chi connectivity index (χ0v) is 14.5. The molecule has 0 radical (unpaired) electrons. The van der Waals surface area contributed by atoms with Crippen LogP contribution in [0.5, 0.6) is 0 Å². The fourth-order valence-electron chi connectivity index (χ4n) is 3.37. The number of rotatable bonds is 4. The van der Waals surface area contributed by atoms with Gasteiger partial charge in [0.25, 0.3) is 0 Å². The molecular weight excluding hydrogens is 318 g/mol. The lowest BCUT2D eigenvalue weighted by atomic mass is 9.90. The molecule has 0 aromatic heterocycles. The lowest BCUT2D eigenvalue weighted by molar-refractivity contribution is -0.0705. The van der Waals surface area contributed by atoms with Crippen LogP contribution in [-0.2, 0) is 21.1 Å². The number of benzene rings is 1. The Kier molecular flexibility index (Phi) is 4.83. The van der Waals surface area contributed by atoms with Crippen LogP contribution in [-0.4, -0.2) is 44.4 Å². The van der Waals surface area contributed by atoms with Crippen LogP contribution in [0.25, 0.3) is 0 Å². The van der Waals surface area contributed by atoms with E-state index in [2.05, 4.69) is 35.8 Å². The van der Waals surface area contributed by atoms with Crippen molar-refractivity contribution in [2.75, 3.05) is 24.4 Å². The smallest absolute Gasteiger partial charge is 0.153 e. The fourth-order valence-corrected chi connectivity index (χ4v) is 5.75. The third-order valence-electron chi connectivity index (χ3n) is 4.60. The molecule has 0 bridgehead atoms. The van der Waals surface area contributed by atoms with Crippen molar-refractivity contribution in [3.8, 4) is 0 Å². The van der Waals surface area contributed by atoms with Crippen LogP contribution in [0.2, 0.25) is 0 Å². The van der Waals surface area contributed by atoms with E-state index in [-0.39, 0.29) is 11.5 Å². The van der Waals surface area contributed by atoms with Crippen LogP contribution < -0.4 is 5.32 Å². The third-order valence-corrected chi connectivity index (χ3v) is 7.13. The first kappa shape index (κ1) is 16.3. The zero-order chi connectivity index (χ0) is 15.6. The van der Waals surface area contributed by atoms with E-state index >= 15 is 0 Å². The van der Waals surface area contributed by atoms with E-state index in [9.17, 15) is 8.42 Å². The number of ether oxygens (including phenoxy) is 1. The number of nitrogens with one attached hydrogen (secondary N) is 1. The maximum absolute atomic E-state index is 11.7. The van der Waals surface area contributed by atoms with Crippen LogP contribution in [0.3, 0.4) is 0 Å². The molecule has 2 aliphatic heterocycles. The van der Waals surface area contributed by atoms with E-state index < -0.39 is 15.4 Å². The van der Waals surface area contributed by atoms with Gasteiger partial charge >= 0.3 is 0 Å². The predicted molar refractivity (Wildman–Crippen MR) is 90.0 cm³/mol. The van der Waals surface area contributed by atoms with Crippen LogP contribution >= 0.6 is 11.8 Å². The summed E-state index contributed by atoms with van der Waals surface area (Å²) < 4.78 is 29.3. The zero-order valence-electron chi connectivity index (χ0n) is 12.9. The molecule has 0 aliphatic carbocycles. The van der Waals surface area contributed by atoms with Gasteiger partial charge in [-0.1, -0.05) is 12.1 Å². The summed E-state index contributed by atoms with van der Waals surface area (Å²) in [5, 5.41) is 3.57. The van der Waals surface area contributed by atoms with E-state index in [1.54, 1.807) is 11.8 Å². The Balaban J connectivity index is 1.56. The molecule has 1 aromatic rings. The summed E-state index contributed by atoms with van der Waals surface area (Å²) in [7, 11) is -2.91. The molecule has 1 N–H and O–H groups in total. The first-order valence-corrected chi connectivity index (χ1v) is 10.8. The van der Waals surface area contributed by atoms with Gasteiger partial charge in [0, 0.05) is 24.1 Å². The van der Waals surface area contributed by atoms with Gasteiger partial charge in [0.1, 0.15) is 0 Å². The molecule has 1 aromatic carbocycles. The Labute approximate surface area is 136 Å². The van der Waals surface area contributed by atoms with E-state index in [0.717, 1.165) is 19.4 Å². The second-order valence-electron chi connectivity index (χ2n) is 6.29. The largest absolute Gasteiger partial charge is 0.374 e. The first-order chi connectivity index (χ1) is 10.5. The molecule has 0 amide bonds. The minimum absolute atomic E-state index is 0.195. The van der Waals surface area contributed by atoms with E-state index in [0.29, 0.717) is 19.1 Å². The number of hydrogen-bond donors (Lipinski definition) is 1. The minimum atomic E-state index is -2.91. The Morgan fingerprint density at radius 2 is 2.14 bits per heavy atom. The highest BCUT2D eigenvalue weighted by Crippen LogP contribution is 2.35. The van der Waals surface area contributed by atoms with Crippen molar-refractivity contribution in [2.24, 2.45) is 0 Å². The monoisotopic (exact) mass is 341 g/mol. The van der Waals surface area contributed by atoms with Crippen LogP contribution in [0.15, 0.2) is 29.2 Å². The molecule has 2 fully saturated rings. The first-order valence-electron chi connectivity index (χ1n) is 7.71. The molecule has 4 nitrogen and oxygen atoms in total. The average molecular weight is 341 g/mol. The minimum Gasteiger partial charge on any atom is -0.374 e. The summed E-state index contributed by atoms with van der Waals surface area (Å²) in [6.07, 6.45) is 4.47. The molecule has 0 saturated carbocycles. The van der Waals surface area contributed by atoms with Gasteiger partial charge in [-0.3, -0.25) is 0 Å². The molecule has 2 aliphatic rings. The summed E-state index contributed by atoms with van der Waals surface area (Å²) >= 11 is 1.74. The molecule has 2 heterocycles. The van der Waals surface area contributed by atoms with Crippen molar-refractivity contribution < 1.29 is 13.2 Å². The molecule has 122 valence electrons. The summed E-state index contributed by atoms with van der Waals surface area (Å²) in [5.41, 5.74) is 0.828. The summed E-state index contributed by atoms with van der Waals surface area (Å²) in [4.78, 5) is 1.27. The number of hydrogen-bond acceptors (Lipinski definition) is 5. The predicted octanol–water partition coefficient (Wildman–Crippen LogP) is 2.23. The molecule has 22 heavy (non-hydrogen) atoms. The van der Waals surface area contributed by atoms with Crippen molar-refractivity contribution in [3.63, 3.8) is 0 Å². The molecule has 3 rings (SSSR count). The normalized spacial score (nSPS) is 30.7. The highest BCUT2D eigenvalue weighted by Gasteiger charge is 2.46. The standard InChI is InChI=1S/C16H23NO3S2/c1-21-15-4-2-13(3-5-15)11-17-14-6-8-20-16(10-14)7-9-22(18,19)12-16/h2-5,14,17H,6-12H2,1H3/t14-,16+/m0/s1. The second kappa shape index (κ2) is 6.51. The van der Waals surface area contributed by atoms with Crippen molar-refractivity contribution in [2.45, 2.75) is 42.3 Å². The van der Waals surface area contributed by atoms with Gasteiger partial charge in [0.2, 0.25) is 0 Å². The third kappa shape index (κ3) is 3.85. The quantitative estimate of drug-likeness (QED) is 0.851. The van der Waals surface area contributed by atoms with Crippen LogP contribution in [0.1, 0.15) is 24.8 Å². The van der Waals surface area contributed by atoms with Crippen molar-refractivity contribution in [1.29, 1.82) is 0 Å². The SMILES string of the molecule is CSc1ccc(CN[C@H]2CCO[C@]3(CCS(=O)(=O)C3)C2)cc1. The summed E-state index contributed by atoms with van der Waals surface area (Å²) in [5.74, 6) is 0.469. The molecule has 1 spiro atoms. The van der Waals surface area contributed by atoms with Gasteiger partial charge in [-0.2, -0.15) is 0 Å². The number of thioether (sulfide) groups is 1. The van der Waals surface area contributed by atoms with Crippen molar-refractivity contribution >= 4 is 21.6 Å². The van der Waals surface area contributed by atoms with Gasteiger partial charge in [-0.25, -0.2) is 8.42 Å². The van der Waals surface area contributed by atoms with Gasteiger partial charge < -0.3 is 10.1 Å². The molecule has 2 saturated heterocycles. The maximum atomic E-state index is 11.7. The molecular formula is C16H23NO3S2. The Morgan fingerprint density at radius 1 is 1.36 bits per heavy atom. The Morgan fingerprint density at radius 3 is 2.77 bits per heavy atom. The molecule has 6 heteroatoms. The highest BCUT2D eigenvalue weighted by atomic mass is 32.2. The molecule has 2 atom stereocenters. The van der Waals surface area contributed by atoms with Gasteiger partial charge in [-0.05, 0) is 43.2 Å². The van der Waals surface area contributed by atoms with Gasteiger partial charge in [0.15, 0.2) is 9.84 Å². The molecule has 0 unspecified atom stereocenters. The van der Waals surface area contributed by atoms with Crippen molar-refractivity contribution in [1.82, 2.24) is 5.32 Å². The van der Waals surface area contributed by atoms with Crippen LogP contribution in [0, 0.1) is 0 Å². The van der Waals surface area contributed by atoms with Crippen molar-refractivity contribution in [3.05, 3.63) is 29.8 Å². The van der Waals surface area contributed by atoms with E-state index in [1.807, 2.05) is 0 Å². The van der Waals surface area contributed by atoms with Crippen LogP contribution in [0.4, 0.5) is 0 Å². The summed E-state index contributed by atoms with van der Waals surface area (Å²) in [6.45, 7) is 1.47. The van der Waals surface area contributed by atoms with Gasteiger partial charge in [-0.15, -0.1) is 11.8 Å². The fraction of sp³-hybridized carbons (Fsp3) is 0.625. The topological polar surface area (TPSA) is 55.4 Å². The Bertz CT molecular complexity index is 615. The second-order valence-corrected chi connectivity index (χ2v) is 9.36.